The first kappa shape index (κ1) is 18.1. The molecule has 0 aromatic heterocycles. The third-order valence-corrected chi connectivity index (χ3v) is 3.95. The van der Waals surface area contributed by atoms with Gasteiger partial charge in [0.25, 0.3) is 0 Å². The van der Waals surface area contributed by atoms with Gasteiger partial charge < -0.3 is 14.8 Å². The van der Waals surface area contributed by atoms with Gasteiger partial charge in [-0.25, -0.2) is 0 Å². The van der Waals surface area contributed by atoms with E-state index in [1.807, 2.05) is 0 Å². The molecule has 1 saturated heterocycles. The van der Waals surface area contributed by atoms with Crippen molar-refractivity contribution in [2.24, 2.45) is 11.8 Å². The molecule has 0 amide bonds. The van der Waals surface area contributed by atoms with Crippen LogP contribution in [0.15, 0.2) is 30.3 Å². The highest BCUT2D eigenvalue weighted by molar-refractivity contribution is 5.97. The number of hydrogen-bond acceptors (Lipinski definition) is 6. The Morgan fingerprint density at radius 2 is 1.92 bits per heavy atom. The van der Waals surface area contributed by atoms with Crippen LogP contribution in [0.3, 0.4) is 0 Å². The SMILES string of the molecule is C[C@@H]1CN[C@@H](C(=O)OC[C@H](C)C(=O)OCC(=O)c2ccccc2)C1. The maximum atomic E-state index is 11.9. The topological polar surface area (TPSA) is 81.7 Å². The van der Waals surface area contributed by atoms with E-state index in [4.69, 9.17) is 9.47 Å². The van der Waals surface area contributed by atoms with E-state index in [0.29, 0.717) is 11.5 Å². The molecule has 6 nitrogen and oxygen atoms in total. The quantitative estimate of drug-likeness (QED) is 0.603. The summed E-state index contributed by atoms with van der Waals surface area (Å²) in [6.45, 7) is 4.09. The number of hydrogen-bond donors (Lipinski definition) is 1. The fourth-order valence-electron chi connectivity index (χ4n) is 2.45. The van der Waals surface area contributed by atoms with Gasteiger partial charge in [-0.3, -0.25) is 14.4 Å². The third-order valence-electron chi connectivity index (χ3n) is 3.95. The minimum Gasteiger partial charge on any atom is -0.464 e. The Morgan fingerprint density at radius 1 is 1.21 bits per heavy atom. The molecule has 0 saturated carbocycles. The summed E-state index contributed by atoms with van der Waals surface area (Å²) in [7, 11) is 0. The summed E-state index contributed by atoms with van der Waals surface area (Å²) in [5.41, 5.74) is 0.491. The number of benzene rings is 1. The van der Waals surface area contributed by atoms with Gasteiger partial charge in [-0.1, -0.05) is 37.3 Å². The van der Waals surface area contributed by atoms with Gasteiger partial charge in [-0.15, -0.1) is 0 Å². The van der Waals surface area contributed by atoms with Gasteiger partial charge in [0.05, 0.1) is 5.92 Å². The molecule has 130 valence electrons. The Kier molecular flexibility index (Phi) is 6.49. The van der Waals surface area contributed by atoms with Crippen molar-refractivity contribution in [3.63, 3.8) is 0 Å². The third kappa shape index (κ3) is 5.16. The van der Waals surface area contributed by atoms with Crippen LogP contribution >= 0.6 is 0 Å². The van der Waals surface area contributed by atoms with E-state index in [0.717, 1.165) is 13.0 Å². The minimum atomic E-state index is -0.614. The number of carbonyl (C=O) groups is 3. The standard InChI is InChI=1S/C18H23NO5/c1-12-8-15(19-9-12)18(22)23-10-13(2)17(21)24-11-16(20)14-6-4-3-5-7-14/h3-7,12-13,15,19H,8-11H2,1-2H3/t12-,13-,15+/m0/s1. The Bertz CT molecular complexity index is 586. The Hall–Kier alpha value is -2.21. The van der Waals surface area contributed by atoms with Crippen LogP contribution in [0.5, 0.6) is 0 Å². The molecule has 1 aliphatic heterocycles. The summed E-state index contributed by atoms with van der Waals surface area (Å²) >= 11 is 0. The molecule has 1 heterocycles. The molecule has 1 N–H and O–H groups in total. The van der Waals surface area contributed by atoms with Gasteiger partial charge in [0, 0.05) is 5.56 Å². The highest BCUT2D eigenvalue weighted by atomic mass is 16.6. The fourth-order valence-corrected chi connectivity index (χ4v) is 2.45. The Labute approximate surface area is 141 Å². The van der Waals surface area contributed by atoms with Crippen molar-refractivity contribution in [1.29, 1.82) is 0 Å². The zero-order valence-electron chi connectivity index (χ0n) is 14.0. The largest absolute Gasteiger partial charge is 0.464 e. The minimum absolute atomic E-state index is 0.0518. The lowest BCUT2D eigenvalue weighted by Crippen LogP contribution is -2.34. The van der Waals surface area contributed by atoms with Gasteiger partial charge in [-0.05, 0) is 25.8 Å². The highest BCUT2D eigenvalue weighted by Gasteiger charge is 2.29. The van der Waals surface area contributed by atoms with E-state index in [1.165, 1.54) is 0 Å². The van der Waals surface area contributed by atoms with Gasteiger partial charge in [0.15, 0.2) is 12.4 Å². The molecule has 2 rings (SSSR count). The van der Waals surface area contributed by atoms with Gasteiger partial charge in [0.2, 0.25) is 0 Å². The molecule has 3 atom stereocenters. The monoisotopic (exact) mass is 333 g/mol. The number of rotatable bonds is 7. The molecular weight excluding hydrogens is 310 g/mol. The molecule has 1 aliphatic rings. The van der Waals surface area contributed by atoms with Gasteiger partial charge in [0.1, 0.15) is 12.6 Å². The zero-order valence-corrected chi connectivity index (χ0v) is 14.0. The highest BCUT2D eigenvalue weighted by Crippen LogP contribution is 2.14. The van der Waals surface area contributed by atoms with Crippen molar-refractivity contribution in [3.05, 3.63) is 35.9 Å². The number of esters is 2. The molecule has 0 radical (unpaired) electrons. The van der Waals surface area contributed by atoms with E-state index in [1.54, 1.807) is 37.3 Å². The average Bonchev–Trinajstić information content (AvgIpc) is 3.04. The predicted octanol–water partition coefficient (Wildman–Crippen LogP) is 1.59. The second-order valence-corrected chi connectivity index (χ2v) is 6.23. The number of ether oxygens (including phenoxy) is 2. The Morgan fingerprint density at radius 3 is 2.54 bits per heavy atom. The summed E-state index contributed by atoms with van der Waals surface area (Å²) in [5, 5.41) is 3.08. The molecule has 6 heteroatoms. The zero-order chi connectivity index (χ0) is 17.5. The van der Waals surface area contributed by atoms with Crippen LogP contribution in [0.2, 0.25) is 0 Å². The first-order chi connectivity index (χ1) is 11.5. The van der Waals surface area contributed by atoms with E-state index in [-0.39, 0.29) is 31.0 Å². The fraction of sp³-hybridized carbons (Fsp3) is 0.500. The molecule has 0 unspecified atom stereocenters. The number of ketones is 1. The number of nitrogens with one attached hydrogen (secondary N) is 1. The van der Waals surface area contributed by atoms with Crippen LogP contribution in [-0.2, 0) is 19.1 Å². The summed E-state index contributed by atoms with van der Waals surface area (Å²) in [4.78, 5) is 35.6. The van der Waals surface area contributed by atoms with Crippen LogP contribution in [0.25, 0.3) is 0 Å². The van der Waals surface area contributed by atoms with Crippen LogP contribution < -0.4 is 5.32 Å². The van der Waals surface area contributed by atoms with Crippen LogP contribution in [0.4, 0.5) is 0 Å². The lowest BCUT2D eigenvalue weighted by molar-refractivity contribution is -0.154. The summed E-state index contributed by atoms with van der Waals surface area (Å²) in [5.74, 6) is -1.35. The van der Waals surface area contributed by atoms with Crippen molar-refractivity contribution in [2.45, 2.75) is 26.3 Å². The summed E-state index contributed by atoms with van der Waals surface area (Å²) in [6, 6.07) is 8.32. The molecule has 24 heavy (non-hydrogen) atoms. The molecule has 1 aromatic rings. The smallest absolute Gasteiger partial charge is 0.323 e. The maximum absolute atomic E-state index is 11.9. The maximum Gasteiger partial charge on any atom is 0.323 e. The lowest BCUT2D eigenvalue weighted by Gasteiger charge is -2.14. The molecular formula is C18H23NO5. The first-order valence-electron chi connectivity index (χ1n) is 8.12. The molecule has 1 aromatic carbocycles. The Balaban J connectivity index is 1.70. The van der Waals surface area contributed by atoms with Crippen molar-refractivity contribution in [2.75, 3.05) is 19.8 Å². The van der Waals surface area contributed by atoms with E-state index in [9.17, 15) is 14.4 Å². The van der Waals surface area contributed by atoms with E-state index in [2.05, 4.69) is 12.2 Å². The van der Waals surface area contributed by atoms with Crippen LogP contribution in [-0.4, -0.2) is 43.5 Å². The summed E-state index contributed by atoms with van der Waals surface area (Å²) in [6.07, 6.45) is 0.739. The normalized spacial score (nSPS) is 21.1. The van der Waals surface area contributed by atoms with Crippen molar-refractivity contribution in [3.8, 4) is 0 Å². The number of carbonyl (C=O) groups excluding carboxylic acids is 3. The van der Waals surface area contributed by atoms with E-state index < -0.39 is 11.9 Å². The van der Waals surface area contributed by atoms with Crippen molar-refractivity contribution in [1.82, 2.24) is 5.32 Å². The lowest BCUT2D eigenvalue weighted by atomic mass is 10.1. The molecule has 0 aliphatic carbocycles. The number of Topliss-reactive ketones (excluding diaryl/α,β-unsaturated/α-hetero) is 1. The molecule has 0 spiro atoms. The van der Waals surface area contributed by atoms with Crippen LogP contribution in [0.1, 0.15) is 30.6 Å². The van der Waals surface area contributed by atoms with Crippen LogP contribution in [0, 0.1) is 11.8 Å². The summed E-state index contributed by atoms with van der Waals surface area (Å²) < 4.78 is 10.2. The molecule has 0 bridgehead atoms. The second kappa shape index (κ2) is 8.59. The van der Waals surface area contributed by atoms with Gasteiger partial charge >= 0.3 is 11.9 Å². The second-order valence-electron chi connectivity index (χ2n) is 6.23. The first-order valence-corrected chi connectivity index (χ1v) is 8.12. The van der Waals surface area contributed by atoms with Crippen molar-refractivity contribution >= 4 is 17.7 Å². The molecule has 1 fully saturated rings. The van der Waals surface area contributed by atoms with E-state index >= 15 is 0 Å². The predicted molar refractivity (Wildman–Crippen MR) is 87.4 cm³/mol. The average molecular weight is 333 g/mol. The van der Waals surface area contributed by atoms with Crippen molar-refractivity contribution < 1.29 is 23.9 Å². The van der Waals surface area contributed by atoms with Gasteiger partial charge in [-0.2, -0.15) is 0 Å².